The van der Waals surface area contributed by atoms with Gasteiger partial charge in [0.05, 0.1) is 6.07 Å². The summed E-state index contributed by atoms with van der Waals surface area (Å²) in [5.74, 6) is 0.0359. The van der Waals surface area contributed by atoms with E-state index in [0.29, 0.717) is 4.67 Å². The van der Waals surface area contributed by atoms with Gasteiger partial charge < -0.3 is 9.32 Å². The lowest BCUT2D eigenvalue weighted by Gasteiger charge is -2.38. The van der Waals surface area contributed by atoms with Crippen molar-refractivity contribution in [3.8, 4) is 6.07 Å². The molecule has 0 atom stereocenters. The number of rotatable bonds is 2. The van der Waals surface area contributed by atoms with Crippen LogP contribution < -0.4 is 0 Å². The number of hydrogen-bond acceptors (Lipinski definition) is 3. The number of amides is 1. The molecule has 0 N–H and O–H groups in total. The van der Waals surface area contributed by atoms with Gasteiger partial charge in [-0.05, 0) is 40.9 Å². The molecule has 1 fully saturated rings. The normalized spacial score (nSPS) is 18.1. The maximum Gasteiger partial charge on any atom is 0.290 e. The number of hydrogen-bond donors (Lipinski definition) is 0. The lowest BCUT2D eigenvalue weighted by Crippen LogP contribution is -2.49. The zero-order valence-electron chi connectivity index (χ0n) is 10.3. The van der Waals surface area contributed by atoms with Crippen molar-refractivity contribution >= 4 is 21.8 Å². The lowest BCUT2D eigenvalue weighted by molar-refractivity contribution is 0.0556. The van der Waals surface area contributed by atoms with Gasteiger partial charge >= 0.3 is 0 Å². The fraction of sp³-hybridized carbons (Fsp3) is 0.538. The van der Waals surface area contributed by atoms with Crippen LogP contribution in [0.25, 0.3) is 0 Å². The predicted octanol–water partition coefficient (Wildman–Crippen LogP) is 3.34. The molecular formula is C13H15BrN2O2. The Morgan fingerprint density at radius 1 is 1.44 bits per heavy atom. The van der Waals surface area contributed by atoms with Crippen molar-refractivity contribution in [2.75, 3.05) is 7.05 Å². The summed E-state index contributed by atoms with van der Waals surface area (Å²) in [5.41, 5.74) is -0.672. The topological polar surface area (TPSA) is 57.2 Å². The highest BCUT2D eigenvalue weighted by molar-refractivity contribution is 9.10. The number of nitriles is 1. The first-order valence-corrected chi connectivity index (χ1v) is 6.83. The van der Waals surface area contributed by atoms with Crippen LogP contribution >= 0.6 is 15.9 Å². The number of carbonyl (C=O) groups is 1. The quantitative estimate of drug-likeness (QED) is 0.841. The molecule has 0 bridgehead atoms. The molecule has 1 amide bonds. The van der Waals surface area contributed by atoms with Crippen LogP contribution in [0.5, 0.6) is 0 Å². The van der Waals surface area contributed by atoms with E-state index in [-0.39, 0.29) is 11.7 Å². The minimum Gasteiger partial charge on any atom is -0.444 e. The zero-order valence-corrected chi connectivity index (χ0v) is 11.9. The van der Waals surface area contributed by atoms with Gasteiger partial charge in [-0.2, -0.15) is 5.26 Å². The third-order valence-electron chi connectivity index (χ3n) is 3.62. The van der Waals surface area contributed by atoms with E-state index < -0.39 is 5.54 Å². The third-order valence-corrected chi connectivity index (χ3v) is 4.05. The molecule has 18 heavy (non-hydrogen) atoms. The van der Waals surface area contributed by atoms with E-state index in [9.17, 15) is 10.1 Å². The van der Waals surface area contributed by atoms with Crippen LogP contribution in [0, 0.1) is 11.3 Å². The van der Waals surface area contributed by atoms with Crippen molar-refractivity contribution in [2.24, 2.45) is 0 Å². The molecule has 1 aromatic rings. The van der Waals surface area contributed by atoms with Gasteiger partial charge in [0.15, 0.2) is 10.4 Å². The van der Waals surface area contributed by atoms with Gasteiger partial charge in [-0.25, -0.2) is 0 Å². The van der Waals surface area contributed by atoms with Crippen molar-refractivity contribution in [3.05, 3.63) is 22.6 Å². The van der Waals surface area contributed by atoms with Gasteiger partial charge in [-0.15, -0.1) is 0 Å². The first kappa shape index (κ1) is 13.2. The molecular weight excluding hydrogens is 296 g/mol. The van der Waals surface area contributed by atoms with Crippen LogP contribution in [0.2, 0.25) is 0 Å². The van der Waals surface area contributed by atoms with Crippen molar-refractivity contribution in [1.82, 2.24) is 4.90 Å². The van der Waals surface area contributed by atoms with Crippen molar-refractivity contribution in [2.45, 2.75) is 37.6 Å². The third kappa shape index (κ3) is 2.30. The van der Waals surface area contributed by atoms with E-state index >= 15 is 0 Å². The van der Waals surface area contributed by atoms with E-state index in [1.807, 2.05) is 0 Å². The van der Waals surface area contributed by atoms with Crippen LogP contribution in [0.4, 0.5) is 0 Å². The Morgan fingerprint density at radius 2 is 2.11 bits per heavy atom. The first-order valence-electron chi connectivity index (χ1n) is 6.04. The minimum atomic E-state index is -0.672. The second-order valence-corrected chi connectivity index (χ2v) is 5.45. The molecule has 0 saturated heterocycles. The summed E-state index contributed by atoms with van der Waals surface area (Å²) in [4.78, 5) is 13.8. The monoisotopic (exact) mass is 310 g/mol. The predicted molar refractivity (Wildman–Crippen MR) is 69.9 cm³/mol. The molecule has 4 nitrogen and oxygen atoms in total. The average molecular weight is 311 g/mol. The Morgan fingerprint density at radius 3 is 2.61 bits per heavy atom. The van der Waals surface area contributed by atoms with Gasteiger partial charge in [-0.3, -0.25) is 4.79 Å². The second-order valence-electron chi connectivity index (χ2n) is 4.67. The van der Waals surface area contributed by atoms with Crippen LogP contribution in [-0.4, -0.2) is 23.4 Å². The summed E-state index contributed by atoms with van der Waals surface area (Å²) in [7, 11) is 1.69. The van der Waals surface area contributed by atoms with Gasteiger partial charge in [0.2, 0.25) is 0 Å². The van der Waals surface area contributed by atoms with E-state index in [1.165, 1.54) is 4.90 Å². The maximum absolute atomic E-state index is 12.3. The van der Waals surface area contributed by atoms with Crippen LogP contribution in [-0.2, 0) is 0 Å². The van der Waals surface area contributed by atoms with E-state index in [2.05, 4.69) is 22.0 Å². The average Bonchev–Trinajstić information content (AvgIpc) is 2.84. The highest BCUT2D eigenvalue weighted by Gasteiger charge is 2.39. The largest absolute Gasteiger partial charge is 0.444 e. The molecule has 1 aliphatic rings. The van der Waals surface area contributed by atoms with Gasteiger partial charge in [0.25, 0.3) is 5.91 Å². The van der Waals surface area contributed by atoms with Gasteiger partial charge in [0, 0.05) is 7.05 Å². The van der Waals surface area contributed by atoms with Gasteiger partial charge in [-0.1, -0.05) is 19.3 Å². The van der Waals surface area contributed by atoms with Crippen molar-refractivity contribution < 1.29 is 9.21 Å². The van der Waals surface area contributed by atoms with E-state index in [1.54, 1.807) is 19.2 Å². The standard InChI is InChI=1S/C13H15BrN2O2/c1-16(12(17)10-5-6-11(14)18-10)13(9-15)7-3-2-4-8-13/h5-6H,2-4,7-8H2,1H3. The van der Waals surface area contributed by atoms with E-state index in [4.69, 9.17) is 4.42 Å². The Kier molecular flexibility index (Phi) is 3.76. The highest BCUT2D eigenvalue weighted by Crippen LogP contribution is 2.33. The molecule has 0 unspecified atom stereocenters. The zero-order chi connectivity index (χ0) is 13.2. The molecule has 1 aliphatic carbocycles. The molecule has 0 spiro atoms. The SMILES string of the molecule is CN(C(=O)c1ccc(Br)o1)C1(C#N)CCCCC1. The Balaban J connectivity index is 2.21. The van der Waals surface area contributed by atoms with Crippen molar-refractivity contribution in [1.29, 1.82) is 5.26 Å². The summed E-state index contributed by atoms with van der Waals surface area (Å²) in [6, 6.07) is 5.63. The number of halogens is 1. The molecule has 0 aliphatic heterocycles. The number of nitrogens with zero attached hydrogens (tertiary/aromatic N) is 2. The fourth-order valence-corrected chi connectivity index (χ4v) is 2.75. The molecule has 1 aromatic heterocycles. The summed E-state index contributed by atoms with van der Waals surface area (Å²) >= 11 is 3.17. The molecule has 0 radical (unpaired) electrons. The molecule has 96 valence electrons. The molecule has 1 heterocycles. The maximum atomic E-state index is 12.3. The smallest absolute Gasteiger partial charge is 0.290 e. The lowest BCUT2D eigenvalue weighted by atomic mass is 9.81. The Hall–Kier alpha value is -1.28. The summed E-state index contributed by atoms with van der Waals surface area (Å²) < 4.78 is 5.78. The number of furan rings is 1. The summed E-state index contributed by atoms with van der Waals surface area (Å²) in [5, 5.41) is 9.43. The highest BCUT2D eigenvalue weighted by atomic mass is 79.9. The second kappa shape index (κ2) is 5.15. The van der Waals surface area contributed by atoms with Crippen LogP contribution in [0.3, 0.4) is 0 Å². The fourth-order valence-electron chi connectivity index (χ4n) is 2.45. The van der Waals surface area contributed by atoms with Crippen LogP contribution in [0.1, 0.15) is 42.7 Å². The molecule has 2 rings (SSSR count). The first-order chi connectivity index (χ1) is 8.59. The van der Waals surface area contributed by atoms with E-state index in [0.717, 1.165) is 32.1 Å². The molecule has 5 heteroatoms. The van der Waals surface area contributed by atoms with Crippen molar-refractivity contribution in [3.63, 3.8) is 0 Å². The minimum absolute atomic E-state index is 0.232. The Bertz CT molecular complexity index is 483. The molecule has 1 saturated carbocycles. The van der Waals surface area contributed by atoms with Gasteiger partial charge in [0.1, 0.15) is 5.54 Å². The Labute approximate surface area is 115 Å². The van der Waals surface area contributed by atoms with Crippen LogP contribution in [0.15, 0.2) is 21.2 Å². The number of carbonyl (C=O) groups excluding carboxylic acids is 1. The summed E-state index contributed by atoms with van der Waals surface area (Å²) in [6.45, 7) is 0. The summed E-state index contributed by atoms with van der Waals surface area (Å²) in [6.07, 6.45) is 4.61. The molecule has 0 aromatic carbocycles.